The third kappa shape index (κ3) is 3.80. The first-order chi connectivity index (χ1) is 12.9. The Morgan fingerprint density at radius 3 is 2.81 bits per heavy atom. The smallest absolute Gasteiger partial charge is 0.266 e. The molecule has 0 atom stereocenters. The molecule has 136 valence electrons. The molecule has 0 aliphatic carbocycles. The van der Waals surface area contributed by atoms with E-state index in [-0.39, 0.29) is 5.57 Å². The van der Waals surface area contributed by atoms with Gasteiger partial charge in [-0.3, -0.25) is 9.36 Å². The number of hydrogen-bond acceptors (Lipinski definition) is 4. The van der Waals surface area contributed by atoms with Gasteiger partial charge in [-0.1, -0.05) is 17.7 Å². The van der Waals surface area contributed by atoms with Gasteiger partial charge in [0.05, 0.1) is 0 Å². The van der Waals surface area contributed by atoms with Crippen molar-refractivity contribution < 1.29 is 4.79 Å². The Bertz CT molecular complexity index is 1070. The van der Waals surface area contributed by atoms with Crippen LogP contribution in [0.5, 0.6) is 0 Å². The number of nitriles is 1. The summed E-state index contributed by atoms with van der Waals surface area (Å²) in [6.45, 7) is 5.72. The molecule has 1 aromatic carbocycles. The number of carbonyl (C=O) groups is 1. The van der Waals surface area contributed by atoms with Gasteiger partial charge in [-0.25, -0.2) is 4.98 Å². The van der Waals surface area contributed by atoms with Crippen LogP contribution < -0.4 is 5.32 Å². The molecular formula is C20H17ClN4OS. The molecule has 2 aromatic heterocycles. The number of carbonyl (C=O) groups excluding carboxylic acids is 1. The first-order valence-corrected chi connectivity index (χ1v) is 9.45. The van der Waals surface area contributed by atoms with Crippen LogP contribution in [0, 0.1) is 32.1 Å². The molecule has 1 amide bonds. The van der Waals surface area contributed by atoms with E-state index in [1.807, 2.05) is 42.9 Å². The van der Waals surface area contributed by atoms with Crippen LogP contribution in [0.3, 0.4) is 0 Å². The second-order valence-electron chi connectivity index (χ2n) is 6.01. The molecule has 0 aliphatic rings. The number of thiazole rings is 1. The van der Waals surface area contributed by atoms with Crippen molar-refractivity contribution in [1.29, 1.82) is 5.26 Å². The molecule has 0 bridgehead atoms. The highest BCUT2D eigenvalue weighted by Crippen LogP contribution is 2.25. The number of nitrogens with one attached hydrogen (secondary N) is 1. The van der Waals surface area contributed by atoms with Crippen LogP contribution in [0.1, 0.15) is 22.5 Å². The number of aryl methyl sites for hydroxylation is 1. The summed E-state index contributed by atoms with van der Waals surface area (Å²) in [7, 11) is 0. The topological polar surface area (TPSA) is 70.7 Å². The maximum Gasteiger partial charge on any atom is 0.266 e. The van der Waals surface area contributed by atoms with E-state index in [2.05, 4.69) is 10.3 Å². The first kappa shape index (κ1) is 18.9. The quantitative estimate of drug-likeness (QED) is 0.495. The maximum absolute atomic E-state index is 12.6. The molecule has 0 fully saturated rings. The van der Waals surface area contributed by atoms with Crippen molar-refractivity contribution in [2.24, 2.45) is 0 Å². The highest BCUT2D eigenvalue weighted by atomic mass is 35.5. The second-order valence-corrected chi connectivity index (χ2v) is 7.29. The maximum atomic E-state index is 12.6. The van der Waals surface area contributed by atoms with Crippen LogP contribution >= 0.6 is 22.9 Å². The predicted molar refractivity (Wildman–Crippen MR) is 109 cm³/mol. The van der Waals surface area contributed by atoms with Crippen LogP contribution in [0.2, 0.25) is 5.02 Å². The number of anilines is 1. The van der Waals surface area contributed by atoms with Crippen molar-refractivity contribution in [3.8, 4) is 11.2 Å². The van der Waals surface area contributed by atoms with Gasteiger partial charge in [0, 0.05) is 33.7 Å². The first-order valence-electron chi connectivity index (χ1n) is 8.19. The molecule has 0 saturated carbocycles. The Morgan fingerprint density at radius 2 is 2.15 bits per heavy atom. The molecule has 0 aliphatic heterocycles. The summed E-state index contributed by atoms with van der Waals surface area (Å²) in [4.78, 5) is 16.9. The number of aromatic nitrogens is 2. The standard InChI is InChI=1S/C20H17ClN4OS/c1-12-9-15(14(3)25(12)20-23-7-8-27-20)10-16(11-22)19(26)24-18-6-4-5-17(21)13(18)2/h4-10H,1-3H3,(H,24,26)/b16-10+. The van der Waals surface area contributed by atoms with Gasteiger partial charge < -0.3 is 5.32 Å². The zero-order valence-corrected chi connectivity index (χ0v) is 16.6. The van der Waals surface area contributed by atoms with Gasteiger partial charge >= 0.3 is 0 Å². The lowest BCUT2D eigenvalue weighted by molar-refractivity contribution is -0.112. The van der Waals surface area contributed by atoms with Crippen molar-refractivity contribution >= 4 is 40.6 Å². The van der Waals surface area contributed by atoms with Gasteiger partial charge in [-0.15, -0.1) is 11.3 Å². The fourth-order valence-corrected chi connectivity index (χ4v) is 3.72. The predicted octanol–water partition coefficient (Wildman–Crippen LogP) is 5.06. The summed E-state index contributed by atoms with van der Waals surface area (Å²) >= 11 is 7.62. The van der Waals surface area contributed by atoms with Crippen LogP contribution in [-0.2, 0) is 4.79 Å². The molecule has 1 N–H and O–H groups in total. The highest BCUT2D eigenvalue weighted by Gasteiger charge is 2.15. The van der Waals surface area contributed by atoms with E-state index in [1.54, 1.807) is 30.5 Å². The van der Waals surface area contributed by atoms with Crippen molar-refractivity contribution in [3.63, 3.8) is 0 Å². The third-order valence-electron chi connectivity index (χ3n) is 4.26. The van der Waals surface area contributed by atoms with Crippen LogP contribution in [-0.4, -0.2) is 15.5 Å². The minimum Gasteiger partial charge on any atom is -0.321 e. The van der Waals surface area contributed by atoms with E-state index in [1.165, 1.54) is 11.3 Å². The molecule has 3 aromatic rings. The Hall–Kier alpha value is -2.88. The zero-order chi connectivity index (χ0) is 19.6. The Balaban J connectivity index is 1.93. The van der Waals surface area contributed by atoms with Crippen LogP contribution in [0.4, 0.5) is 5.69 Å². The molecule has 0 unspecified atom stereocenters. The molecule has 7 heteroatoms. The minimum absolute atomic E-state index is 0.0220. The lowest BCUT2D eigenvalue weighted by atomic mass is 10.1. The van der Waals surface area contributed by atoms with E-state index in [4.69, 9.17) is 11.6 Å². The van der Waals surface area contributed by atoms with Gasteiger partial charge in [0.2, 0.25) is 0 Å². The Morgan fingerprint density at radius 1 is 1.37 bits per heavy atom. The Kier molecular flexibility index (Phi) is 5.45. The van der Waals surface area contributed by atoms with Gasteiger partial charge in [0.25, 0.3) is 5.91 Å². The van der Waals surface area contributed by atoms with E-state index < -0.39 is 5.91 Å². The third-order valence-corrected chi connectivity index (χ3v) is 5.43. The fraction of sp³-hybridized carbons (Fsp3) is 0.150. The Labute approximate surface area is 166 Å². The molecule has 3 rings (SSSR count). The second kappa shape index (κ2) is 7.78. The number of benzene rings is 1. The van der Waals surface area contributed by atoms with Crippen molar-refractivity contribution in [2.45, 2.75) is 20.8 Å². The summed E-state index contributed by atoms with van der Waals surface area (Å²) < 4.78 is 2.00. The van der Waals surface area contributed by atoms with Crippen molar-refractivity contribution in [1.82, 2.24) is 9.55 Å². The number of hydrogen-bond donors (Lipinski definition) is 1. The molecule has 0 radical (unpaired) electrons. The van der Waals surface area contributed by atoms with Gasteiger partial charge in [-0.05, 0) is 56.2 Å². The van der Waals surface area contributed by atoms with Crippen LogP contribution in [0.25, 0.3) is 11.2 Å². The van der Waals surface area contributed by atoms with E-state index in [0.717, 1.165) is 27.6 Å². The minimum atomic E-state index is -0.470. The summed E-state index contributed by atoms with van der Waals surface area (Å²) in [6, 6.07) is 9.18. The average Bonchev–Trinajstić information content (AvgIpc) is 3.24. The lowest BCUT2D eigenvalue weighted by Crippen LogP contribution is -2.14. The number of rotatable bonds is 4. The average molecular weight is 397 g/mol. The van der Waals surface area contributed by atoms with E-state index >= 15 is 0 Å². The SMILES string of the molecule is Cc1c(Cl)cccc1NC(=O)/C(C#N)=C/c1cc(C)n(-c2nccs2)c1C. The van der Waals surface area contributed by atoms with E-state index in [9.17, 15) is 10.1 Å². The lowest BCUT2D eigenvalue weighted by Gasteiger charge is -2.09. The molecule has 2 heterocycles. The molecule has 0 spiro atoms. The highest BCUT2D eigenvalue weighted by molar-refractivity contribution is 7.12. The monoisotopic (exact) mass is 396 g/mol. The summed E-state index contributed by atoms with van der Waals surface area (Å²) in [5.74, 6) is -0.470. The zero-order valence-electron chi connectivity index (χ0n) is 15.1. The fourth-order valence-electron chi connectivity index (χ4n) is 2.79. The van der Waals surface area contributed by atoms with Crippen LogP contribution in [0.15, 0.2) is 41.4 Å². The molecule has 0 saturated heterocycles. The van der Waals surface area contributed by atoms with Gasteiger partial charge in [0.15, 0.2) is 5.13 Å². The summed E-state index contributed by atoms with van der Waals surface area (Å²) in [5, 5.41) is 15.6. The summed E-state index contributed by atoms with van der Waals surface area (Å²) in [6.07, 6.45) is 3.34. The van der Waals surface area contributed by atoms with E-state index in [0.29, 0.717) is 10.7 Å². The van der Waals surface area contributed by atoms with Gasteiger partial charge in [0.1, 0.15) is 11.6 Å². The number of amides is 1. The molecule has 5 nitrogen and oxygen atoms in total. The molecule has 27 heavy (non-hydrogen) atoms. The van der Waals surface area contributed by atoms with Crippen molar-refractivity contribution in [2.75, 3.05) is 5.32 Å². The number of nitrogens with zero attached hydrogens (tertiary/aromatic N) is 3. The van der Waals surface area contributed by atoms with Gasteiger partial charge in [-0.2, -0.15) is 5.26 Å². The van der Waals surface area contributed by atoms with Crippen molar-refractivity contribution in [3.05, 3.63) is 69.0 Å². The summed E-state index contributed by atoms with van der Waals surface area (Å²) in [5.41, 5.74) is 4.07. The largest absolute Gasteiger partial charge is 0.321 e. The normalized spacial score (nSPS) is 11.3. The number of halogens is 1. The molecular weight excluding hydrogens is 380 g/mol.